The quantitative estimate of drug-likeness (QED) is 0.456. The van der Waals surface area contributed by atoms with Crippen LogP contribution in [0.1, 0.15) is 13.3 Å². The molecule has 72 valence electrons. The lowest BCUT2D eigenvalue weighted by molar-refractivity contribution is -0.140. The average Bonchev–Trinajstić information content (AvgIpc) is 2.11. The zero-order valence-corrected chi connectivity index (χ0v) is 7.36. The summed E-state index contributed by atoms with van der Waals surface area (Å²) in [5.74, 6) is -1.09. The van der Waals surface area contributed by atoms with Crippen LogP contribution >= 0.6 is 0 Å². The van der Waals surface area contributed by atoms with Crippen LogP contribution in [0.4, 0.5) is 0 Å². The number of carboxylic acid groups (broad SMARTS) is 1. The van der Waals surface area contributed by atoms with E-state index in [1.165, 1.54) is 0 Å². The van der Waals surface area contributed by atoms with E-state index in [4.69, 9.17) is 5.11 Å². The lowest BCUT2D eigenvalue weighted by Gasteiger charge is -2.10. The van der Waals surface area contributed by atoms with Gasteiger partial charge in [-0.25, -0.2) is 4.79 Å². The molecule has 1 atom stereocenters. The topological polar surface area (TPSA) is 78.8 Å². The van der Waals surface area contributed by atoms with Crippen LogP contribution in [0.15, 0.2) is 16.8 Å². The number of carboxylic acids is 1. The highest BCUT2D eigenvalue weighted by Gasteiger charge is 2.16. The van der Waals surface area contributed by atoms with Crippen LogP contribution in [0.3, 0.4) is 0 Å². The Morgan fingerprint density at radius 1 is 1.77 bits per heavy atom. The molecule has 1 unspecified atom stereocenters. The Hall–Kier alpha value is -1.65. The van der Waals surface area contributed by atoms with Crippen LogP contribution in [-0.2, 0) is 9.59 Å². The first-order valence-corrected chi connectivity index (χ1v) is 3.70. The molecule has 0 bridgehead atoms. The van der Waals surface area contributed by atoms with Gasteiger partial charge in [-0.2, -0.15) is 0 Å². The highest BCUT2D eigenvalue weighted by atomic mass is 16.4. The number of allylic oxidation sites excluding steroid dienone is 1. The molecule has 0 aliphatic rings. The number of carbonyl (C=O) groups is 2. The highest BCUT2D eigenvalue weighted by Crippen LogP contribution is 2.05. The number of amides is 1. The third-order valence-electron chi connectivity index (χ3n) is 1.52. The summed E-state index contributed by atoms with van der Waals surface area (Å²) < 4.78 is 0. The molecule has 0 saturated carbocycles. The molecule has 0 heterocycles. The summed E-state index contributed by atoms with van der Waals surface area (Å²) in [6.07, 6.45) is 2.15. The van der Waals surface area contributed by atoms with Crippen molar-refractivity contribution < 1.29 is 14.7 Å². The van der Waals surface area contributed by atoms with E-state index in [1.807, 2.05) is 0 Å². The molecular weight excluding hydrogens is 172 g/mol. The van der Waals surface area contributed by atoms with Crippen LogP contribution < -0.4 is 5.32 Å². The second-order valence-corrected chi connectivity index (χ2v) is 2.32. The Morgan fingerprint density at radius 3 is 2.69 bits per heavy atom. The minimum atomic E-state index is -1.09. The number of rotatable bonds is 6. The summed E-state index contributed by atoms with van der Waals surface area (Å²) in [6, 6.07) is -0.936. The first-order valence-electron chi connectivity index (χ1n) is 3.70. The SMILES string of the molecule is C=N/C(=C\C)CC(NC=O)C(=O)O. The van der Waals surface area contributed by atoms with Crippen LogP contribution in [0, 0.1) is 0 Å². The molecule has 0 saturated heterocycles. The van der Waals surface area contributed by atoms with Gasteiger partial charge in [0.25, 0.3) is 0 Å². The molecule has 0 aliphatic heterocycles. The second kappa shape index (κ2) is 5.93. The number of nitrogens with one attached hydrogen (secondary N) is 1. The van der Waals surface area contributed by atoms with E-state index < -0.39 is 12.0 Å². The van der Waals surface area contributed by atoms with Crippen molar-refractivity contribution in [2.24, 2.45) is 4.99 Å². The summed E-state index contributed by atoms with van der Waals surface area (Å²) in [4.78, 5) is 24.2. The Balaban J connectivity index is 4.32. The van der Waals surface area contributed by atoms with Crippen molar-refractivity contribution in [3.05, 3.63) is 11.8 Å². The van der Waals surface area contributed by atoms with Crippen molar-refractivity contribution in [1.82, 2.24) is 5.32 Å². The monoisotopic (exact) mass is 184 g/mol. The van der Waals surface area contributed by atoms with Crippen molar-refractivity contribution in [1.29, 1.82) is 0 Å². The summed E-state index contributed by atoms with van der Waals surface area (Å²) in [7, 11) is 0. The van der Waals surface area contributed by atoms with E-state index in [1.54, 1.807) is 13.0 Å². The Labute approximate surface area is 76.2 Å². The molecule has 0 aromatic carbocycles. The minimum Gasteiger partial charge on any atom is -0.480 e. The van der Waals surface area contributed by atoms with Crippen molar-refractivity contribution >= 4 is 19.1 Å². The van der Waals surface area contributed by atoms with Gasteiger partial charge < -0.3 is 10.4 Å². The van der Waals surface area contributed by atoms with Gasteiger partial charge in [0.05, 0.1) is 0 Å². The summed E-state index contributed by atoms with van der Waals surface area (Å²) >= 11 is 0. The van der Waals surface area contributed by atoms with Crippen LogP contribution in [0.2, 0.25) is 0 Å². The lowest BCUT2D eigenvalue weighted by Crippen LogP contribution is -2.35. The third-order valence-corrected chi connectivity index (χ3v) is 1.52. The molecule has 0 aromatic heterocycles. The molecule has 0 aromatic rings. The maximum absolute atomic E-state index is 10.5. The molecule has 0 spiro atoms. The van der Waals surface area contributed by atoms with Crippen molar-refractivity contribution in [2.45, 2.75) is 19.4 Å². The Morgan fingerprint density at radius 2 is 2.38 bits per heavy atom. The molecule has 0 fully saturated rings. The van der Waals surface area contributed by atoms with Gasteiger partial charge in [-0.1, -0.05) is 6.08 Å². The maximum atomic E-state index is 10.5. The second-order valence-electron chi connectivity index (χ2n) is 2.32. The number of aliphatic carboxylic acids is 1. The molecule has 2 N–H and O–H groups in total. The van der Waals surface area contributed by atoms with Crippen molar-refractivity contribution in [3.8, 4) is 0 Å². The van der Waals surface area contributed by atoms with Crippen LogP contribution in [0.25, 0.3) is 0 Å². The fourth-order valence-corrected chi connectivity index (χ4v) is 0.782. The van der Waals surface area contributed by atoms with Gasteiger partial charge in [0, 0.05) is 12.1 Å². The molecule has 13 heavy (non-hydrogen) atoms. The van der Waals surface area contributed by atoms with E-state index in [2.05, 4.69) is 17.0 Å². The summed E-state index contributed by atoms with van der Waals surface area (Å²) in [5.41, 5.74) is 0.543. The van der Waals surface area contributed by atoms with E-state index in [0.717, 1.165) is 0 Å². The van der Waals surface area contributed by atoms with Gasteiger partial charge in [0.1, 0.15) is 6.04 Å². The molecular formula is C8H12N2O3. The van der Waals surface area contributed by atoms with E-state index in [9.17, 15) is 9.59 Å². The number of carbonyl (C=O) groups excluding carboxylic acids is 1. The largest absolute Gasteiger partial charge is 0.480 e. The van der Waals surface area contributed by atoms with Gasteiger partial charge in [0.2, 0.25) is 6.41 Å². The zero-order chi connectivity index (χ0) is 10.3. The first kappa shape index (κ1) is 11.4. The van der Waals surface area contributed by atoms with Crippen molar-refractivity contribution in [2.75, 3.05) is 0 Å². The molecule has 0 aliphatic carbocycles. The van der Waals surface area contributed by atoms with Crippen LogP contribution in [-0.4, -0.2) is 30.2 Å². The number of nitrogens with zero attached hydrogens (tertiary/aromatic N) is 1. The van der Waals surface area contributed by atoms with E-state index >= 15 is 0 Å². The zero-order valence-electron chi connectivity index (χ0n) is 7.36. The maximum Gasteiger partial charge on any atom is 0.326 e. The molecule has 0 rings (SSSR count). The molecule has 1 amide bonds. The minimum absolute atomic E-state index is 0.147. The fraction of sp³-hybridized carbons (Fsp3) is 0.375. The lowest BCUT2D eigenvalue weighted by atomic mass is 10.1. The standard InChI is InChI=1S/C8H12N2O3/c1-3-6(9-2)4-7(8(12)13)10-5-11/h3,5,7H,2,4H2,1H3,(H,10,11)(H,12,13)/b6-3-. The van der Waals surface area contributed by atoms with Crippen molar-refractivity contribution in [3.63, 3.8) is 0 Å². The van der Waals surface area contributed by atoms with Crippen LogP contribution in [0.5, 0.6) is 0 Å². The van der Waals surface area contributed by atoms with E-state index in [0.29, 0.717) is 12.1 Å². The van der Waals surface area contributed by atoms with E-state index in [-0.39, 0.29) is 6.42 Å². The molecule has 5 heteroatoms. The Kier molecular flexibility index (Phi) is 5.18. The summed E-state index contributed by atoms with van der Waals surface area (Å²) in [5, 5.41) is 10.8. The normalized spacial score (nSPS) is 13.2. The first-order chi connectivity index (χ1) is 6.15. The Bertz CT molecular complexity index is 236. The molecule has 0 radical (unpaired) electrons. The predicted molar refractivity (Wildman–Crippen MR) is 48.5 cm³/mol. The van der Waals surface area contributed by atoms with Gasteiger partial charge >= 0.3 is 5.97 Å². The predicted octanol–water partition coefficient (Wildman–Crippen LogP) is 0.180. The fourth-order valence-electron chi connectivity index (χ4n) is 0.782. The smallest absolute Gasteiger partial charge is 0.326 e. The number of hydrogen-bond donors (Lipinski definition) is 2. The molecule has 5 nitrogen and oxygen atoms in total. The number of aliphatic imine (C=N–C) groups is 1. The van der Waals surface area contributed by atoms with Gasteiger partial charge in [0.15, 0.2) is 0 Å². The summed E-state index contributed by atoms with van der Waals surface area (Å²) in [6.45, 7) is 5.00. The van der Waals surface area contributed by atoms with Gasteiger partial charge in [-0.3, -0.25) is 9.79 Å². The van der Waals surface area contributed by atoms with Gasteiger partial charge in [-0.15, -0.1) is 0 Å². The third kappa shape index (κ3) is 4.05. The average molecular weight is 184 g/mol. The van der Waals surface area contributed by atoms with Gasteiger partial charge in [-0.05, 0) is 13.6 Å². The highest BCUT2D eigenvalue weighted by molar-refractivity contribution is 5.76. The number of hydrogen-bond acceptors (Lipinski definition) is 3.